The van der Waals surface area contributed by atoms with Crippen molar-refractivity contribution in [3.8, 4) is 0 Å². The highest BCUT2D eigenvalue weighted by Gasteiger charge is 1.98. The van der Waals surface area contributed by atoms with Crippen LogP contribution in [0.2, 0.25) is 0 Å². The molecule has 0 aromatic carbocycles. The number of carbonyl (C=O) groups excluding carboxylic acids is 1. The monoisotopic (exact) mass is 184 g/mol. The van der Waals surface area contributed by atoms with Gasteiger partial charge in [0.05, 0.1) is 0 Å². The van der Waals surface area contributed by atoms with E-state index in [0.29, 0.717) is 0 Å². The first-order valence-electron chi connectivity index (χ1n) is 3.99. The van der Waals surface area contributed by atoms with E-state index in [4.69, 9.17) is 5.11 Å². The molecule has 3 nitrogen and oxygen atoms in total. The number of allylic oxidation sites excluding steroid dienone is 4. The molecule has 0 rings (SSSR count). The van der Waals surface area contributed by atoms with Crippen molar-refractivity contribution in [2.24, 2.45) is 0 Å². The zero-order valence-electron chi connectivity index (χ0n) is 8.28. The summed E-state index contributed by atoms with van der Waals surface area (Å²) < 4.78 is 0. The van der Waals surface area contributed by atoms with E-state index in [0.717, 1.165) is 0 Å². The van der Waals surface area contributed by atoms with Crippen LogP contribution in [0, 0.1) is 0 Å². The molecule has 0 atom stereocenters. The number of ketones is 1. The summed E-state index contributed by atoms with van der Waals surface area (Å²) in [4.78, 5) is 19.5. The molecule has 0 amide bonds. The van der Waals surface area contributed by atoms with Crippen LogP contribution in [-0.2, 0) is 9.59 Å². The summed E-state index contributed by atoms with van der Waals surface area (Å²) >= 11 is 0. The van der Waals surface area contributed by atoms with Gasteiger partial charge in [-0.05, 0) is 20.8 Å². The molecule has 0 bridgehead atoms. The standard InChI is InChI=1S/C6H10.C4H6O3/c1-3-5-6-4-2;1-3(5)2-4(6)7/h3-6H,1-2H3;2H2,1H3,(H,6,7)/b5-3+,6-4+;. The molecule has 0 aliphatic carbocycles. The Labute approximate surface area is 78.8 Å². The third-order valence-corrected chi connectivity index (χ3v) is 0.896. The summed E-state index contributed by atoms with van der Waals surface area (Å²) in [5, 5.41) is 7.86. The third kappa shape index (κ3) is 25.0. The first-order valence-corrected chi connectivity index (χ1v) is 3.99. The van der Waals surface area contributed by atoms with E-state index in [1.54, 1.807) is 0 Å². The lowest BCUT2D eigenvalue weighted by molar-refractivity contribution is -0.139. The van der Waals surface area contributed by atoms with Crippen LogP contribution in [0.1, 0.15) is 27.2 Å². The fourth-order valence-electron chi connectivity index (χ4n) is 0.435. The highest BCUT2D eigenvalue weighted by molar-refractivity contribution is 5.93. The molecule has 0 saturated heterocycles. The molecule has 3 heteroatoms. The maximum absolute atomic E-state index is 9.87. The van der Waals surface area contributed by atoms with Crippen LogP contribution in [0.25, 0.3) is 0 Å². The average molecular weight is 184 g/mol. The molecule has 1 N–H and O–H groups in total. The van der Waals surface area contributed by atoms with Crippen LogP contribution in [0.4, 0.5) is 0 Å². The van der Waals surface area contributed by atoms with Gasteiger partial charge in [-0.1, -0.05) is 24.3 Å². The van der Waals surface area contributed by atoms with E-state index in [-0.39, 0.29) is 12.2 Å². The van der Waals surface area contributed by atoms with Gasteiger partial charge in [0.1, 0.15) is 12.2 Å². The lowest BCUT2D eigenvalue weighted by atomic mass is 10.3. The number of carbonyl (C=O) groups is 2. The zero-order valence-corrected chi connectivity index (χ0v) is 8.28. The Morgan fingerprint density at radius 1 is 1.15 bits per heavy atom. The minimum atomic E-state index is -1.06. The Morgan fingerprint density at radius 3 is 1.62 bits per heavy atom. The van der Waals surface area contributed by atoms with Crippen molar-refractivity contribution in [1.29, 1.82) is 0 Å². The number of Topliss-reactive ketones (excluding diaryl/α,β-unsaturated/α-hetero) is 1. The molecule has 0 aromatic heterocycles. The van der Waals surface area contributed by atoms with Crippen LogP contribution in [-0.4, -0.2) is 16.9 Å². The smallest absolute Gasteiger partial charge is 0.310 e. The number of hydrogen-bond acceptors (Lipinski definition) is 2. The first-order chi connectivity index (χ1) is 6.04. The molecule has 0 aliphatic heterocycles. The second kappa shape index (κ2) is 10.6. The SMILES string of the molecule is C/C=C/C=C/C.CC(=O)CC(=O)O. The fraction of sp³-hybridized carbons (Fsp3) is 0.400. The van der Waals surface area contributed by atoms with Crippen LogP contribution in [0.3, 0.4) is 0 Å². The van der Waals surface area contributed by atoms with Crippen molar-refractivity contribution >= 4 is 11.8 Å². The Balaban J connectivity index is 0. The molecular weight excluding hydrogens is 168 g/mol. The third-order valence-electron chi connectivity index (χ3n) is 0.896. The molecule has 0 heterocycles. The summed E-state index contributed by atoms with van der Waals surface area (Å²) in [5.74, 6) is -1.37. The van der Waals surface area contributed by atoms with E-state index in [1.807, 2.05) is 38.2 Å². The Morgan fingerprint density at radius 2 is 1.54 bits per heavy atom. The molecule has 74 valence electrons. The molecule has 13 heavy (non-hydrogen) atoms. The topological polar surface area (TPSA) is 54.4 Å². The molecule has 0 aromatic rings. The van der Waals surface area contributed by atoms with Crippen molar-refractivity contribution in [2.45, 2.75) is 27.2 Å². The van der Waals surface area contributed by atoms with Crippen molar-refractivity contribution in [1.82, 2.24) is 0 Å². The number of carboxylic acids is 1. The summed E-state index contributed by atoms with van der Waals surface area (Å²) in [6.07, 6.45) is 7.64. The van der Waals surface area contributed by atoms with Crippen molar-refractivity contribution in [3.63, 3.8) is 0 Å². The Hall–Kier alpha value is -1.38. The number of aliphatic carboxylic acids is 1. The van der Waals surface area contributed by atoms with E-state index in [2.05, 4.69) is 0 Å². The minimum absolute atomic E-state index is 0.312. The maximum atomic E-state index is 9.87. The number of carboxylic acid groups (broad SMARTS) is 1. The minimum Gasteiger partial charge on any atom is -0.481 e. The summed E-state index contributed by atoms with van der Waals surface area (Å²) in [6.45, 7) is 5.24. The van der Waals surface area contributed by atoms with Crippen LogP contribution >= 0.6 is 0 Å². The van der Waals surface area contributed by atoms with Gasteiger partial charge < -0.3 is 5.11 Å². The molecule has 0 unspecified atom stereocenters. The summed E-state index contributed by atoms with van der Waals surface area (Å²) in [7, 11) is 0. The van der Waals surface area contributed by atoms with Crippen LogP contribution in [0.15, 0.2) is 24.3 Å². The van der Waals surface area contributed by atoms with Gasteiger partial charge in [-0.2, -0.15) is 0 Å². The van der Waals surface area contributed by atoms with Gasteiger partial charge in [0.15, 0.2) is 0 Å². The van der Waals surface area contributed by atoms with Gasteiger partial charge in [0.2, 0.25) is 0 Å². The van der Waals surface area contributed by atoms with E-state index >= 15 is 0 Å². The molecule has 0 fully saturated rings. The highest BCUT2D eigenvalue weighted by atomic mass is 16.4. The van der Waals surface area contributed by atoms with Crippen LogP contribution < -0.4 is 0 Å². The van der Waals surface area contributed by atoms with Gasteiger partial charge in [-0.15, -0.1) is 0 Å². The van der Waals surface area contributed by atoms with Crippen molar-refractivity contribution in [2.75, 3.05) is 0 Å². The summed E-state index contributed by atoms with van der Waals surface area (Å²) in [6, 6.07) is 0. The molecule has 0 spiro atoms. The van der Waals surface area contributed by atoms with Crippen molar-refractivity contribution in [3.05, 3.63) is 24.3 Å². The highest BCUT2D eigenvalue weighted by Crippen LogP contribution is 1.77. The van der Waals surface area contributed by atoms with Gasteiger partial charge >= 0.3 is 5.97 Å². The average Bonchev–Trinajstić information content (AvgIpc) is 1.99. The molecule has 0 radical (unpaired) electrons. The maximum Gasteiger partial charge on any atom is 0.310 e. The van der Waals surface area contributed by atoms with Gasteiger partial charge in [-0.3, -0.25) is 9.59 Å². The van der Waals surface area contributed by atoms with E-state index in [1.165, 1.54) is 6.92 Å². The second-order valence-electron chi connectivity index (χ2n) is 2.32. The largest absolute Gasteiger partial charge is 0.481 e. The molecular formula is C10H16O3. The fourth-order valence-corrected chi connectivity index (χ4v) is 0.435. The quantitative estimate of drug-likeness (QED) is 0.540. The van der Waals surface area contributed by atoms with Gasteiger partial charge in [-0.25, -0.2) is 0 Å². The van der Waals surface area contributed by atoms with Gasteiger partial charge in [0, 0.05) is 0 Å². The number of rotatable bonds is 3. The van der Waals surface area contributed by atoms with E-state index in [9.17, 15) is 9.59 Å². The second-order valence-corrected chi connectivity index (χ2v) is 2.32. The molecule has 0 saturated carbocycles. The Kier molecular flexibility index (Phi) is 11.6. The lowest BCUT2D eigenvalue weighted by Crippen LogP contribution is -2.00. The number of hydrogen-bond donors (Lipinski definition) is 1. The molecule has 0 aliphatic rings. The Bertz CT molecular complexity index is 180. The summed E-state index contributed by atoms with van der Waals surface area (Å²) in [5.41, 5.74) is 0. The van der Waals surface area contributed by atoms with Crippen LogP contribution in [0.5, 0.6) is 0 Å². The normalized spacial score (nSPS) is 9.77. The lowest BCUT2D eigenvalue weighted by Gasteiger charge is -1.80. The van der Waals surface area contributed by atoms with E-state index < -0.39 is 5.97 Å². The van der Waals surface area contributed by atoms with Crippen molar-refractivity contribution < 1.29 is 14.7 Å². The predicted octanol–water partition coefficient (Wildman–Crippen LogP) is 2.19. The first kappa shape index (κ1) is 14.2. The van der Waals surface area contributed by atoms with Gasteiger partial charge in [0.25, 0.3) is 0 Å². The zero-order chi connectivity index (χ0) is 10.7. The predicted molar refractivity (Wildman–Crippen MR) is 52.6 cm³/mol.